The first-order valence-electron chi connectivity index (χ1n) is 6.67. The molecule has 100 valence electrons. The highest BCUT2D eigenvalue weighted by Gasteiger charge is 2.30. The fraction of sp³-hybridized carbons (Fsp3) is 0.400. The van der Waals surface area contributed by atoms with E-state index >= 15 is 0 Å². The lowest BCUT2D eigenvalue weighted by atomic mass is 10.2. The van der Waals surface area contributed by atoms with Gasteiger partial charge in [-0.2, -0.15) is 11.8 Å². The Morgan fingerprint density at radius 3 is 2.95 bits per heavy atom. The highest BCUT2D eigenvalue weighted by atomic mass is 32.2. The van der Waals surface area contributed by atoms with E-state index in [4.69, 9.17) is 0 Å². The van der Waals surface area contributed by atoms with Crippen molar-refractivity contribution >= 4 is 28.6 Å². The van der Waals surface area contributed by atoms with Gasteiger partial charge in [0.15, 0.2) is 0 Å². The molecule has 3 nitrogen and oxygen atoms in total. The van der Waals surface area contributed by atoms with Crippen LogP contribution in [-0.2, 0) is 0 Å². The summed E-state index contributed by atoms with van der Waals surface area (Å²) in [6.45, 7) is 5.17. The average Bonchev–Trinajstić information content (AvgIpc) is 2.85. The van der Waals surface area contributed by atoms with Crippen LogP contribution in [0.25, 0.3) is 10.9 Å². The Balaban J connectivity index is 1.90. The van der Waals surface area contributed by atoms with Crippen molar-refractivity contribution in [3.63, 3.8) is 0 Å². The van der Waals surface area contributed by atoms with Gasteiger partial charge >= 0.3 is 0 Å². The first kappa shape index (κ1) is 12.6. The summed E-state index contributed by atoms with van der Waals surface area (Å²) >= 11 is 1.94. The summed E-state index contributed by atoms with van der Waals surface area (Å²) in [6.07, 6.45) is 0. The maximum Gasteiger partial charge on any atom is 0.270 e. The predicted molar refractivity (Wildman–Crippen MR) is 80.7 cm³/mol. The Morgan fingerprint density at radius 2 is 2.16 bits per heavy atom. The number of carbonyl (C=O) groups excluding carboxylic acids is 1. The van der Waals surface area contributed by atoms with Crippen molar-refractivity contribution in [2.45, 2.75) is 25.1 Å². The first-order valence-corrected chi connectivity index (χ1v) is 7.72. The number of nitrogens with one attached hydrogen (secondary N) is 1. The normalized spacial score (nSPS) is 23.8. The smallest absolute Gasteiger partial charge is 0.270 e. The number of H-pyrrole nitrogens is 1. The Labute approximate surface area is 117 Å². The quantitative estimate of drug-likeness (QED) is 0.867. The molecule has 1 fully saturated rings. The maximum absolute atomic E-state index is 12.6. The van der Waals surface area contributed by atoms with Crippen molar-refractivity contribution in [3.05, 3.63) is 36.0 Å². The molecule has 0 aliphatic carbocycles. The van der Waals surface area contributed by atoms with Gasteiger partial charge in [0.2, 0.25) is 0 Å². The Morgan fingerprint density at radius 1 is 1.37 bits per heavy atom. The molecule has 0 saturated carbocycles. The summed E-state index contributed by atoms with van der Waals surface area (Å²) in [5.74, 6) is 1.15. The third kappa shape index (κ3) is 2.25. The van der Waals surface area contributed by atoms with E-state index in [0.717, 1.165) is 23.2 Å². The zero-order chi connectivity index (χ0) is 13.4. The second-order valence-electron chi connectivity index (χ2n) is 5.09. The van der Waals surface area contributed by atoms with Crippen LogP contribution in [0.5, 0.6) is 0 Å². The average molecular weight is 274 g/mol. The number of carbonyl (C=O) groups is 1. The van der Waals surface area contributed by atoms with Gasteiger partial charge in [-0.3, -0.25) is 4.79 Å². The molecule has 0 radical (unpaired) electrons. The topological polar surface area (TPSA) is 36.1 Å². The maximum atomic E-state index is 12.6. The fourth-order valence-electron chi connectivity index (χ4n) is 2.56. The molecule has 1 N–H and O–H groups in total. The number of hydrogen-bond donors (Lipinski definition) is 1. The minimum absolute atomic E-state index is 0.121. The molecule has 0 spiro atoms. The van der Waals surface area contributed by atoms with E-state index in [-0.39, 0.29) is 11.9 Å². The van der Waals surface area contributed by atoms with Gasteiger partial charge < -0.3 is 9.88 Å². The summed E-state index contributed by atoms with van der Waals surface area (Å²) in [5.41, 5.74) is 1.73. The molecule has 19 heavy (non-hydrogen) atoms. The van der Waals surface area contributed by atoms with E-state index in [0.29, 0.717) is 10.9 Å². The van der Waals surface area contributed by atoms with Crippen molar-refractivity contribution in [3.8, 4) is 0 Å². The number of hydrogen-bond acceptors (Lipinski definition) is 2. The molecule has 1 aliphatic rings. The SMILES string of the molecule is CC1SCCN(C(=O)c2cc3ccccc3[nH]2)C1C. The van der Waals surface area contributed by atoms with Crippen LogP contribution in [0.3, 0.4) is 0 Å². The van der Waals surface area contributed by atoms with Crippen molar-refractivity contribution in [1.29, 1.82) is 0 Å². The fourth-order valence-corrected chi connectivity index (χ4v) is 3.66. The number of aromatic nitrogens is 1. The van der Waals surface area contributed by atoms with Crippen molar-refractivity contribution in [2.75, 3.05) is 12.3 Å². The number of benzene rings is 1. The lowest BCUT2D eigenvalue weighted by molar-refractivity contribution is 0.0693. The zero-order valence-corrected chi connectivity index (χ0v) is 12.0. The van der Waals surface area contributed by atoms with Gasteiger partial charge in [-0.1, -0.05) is 25.1 Å². The van der Waals surface area contributed by atoms with Crippen LogP contribution in [-0.4, -0.2) is 39.4 Å². The van der Waals surface area contributed by atoms with Gasteiger partial charge in [-0.25, -0.2) is 0 Å². The van der Waals surface area contributed by atoms with Crippen LogP contribution < -0.4 is 0 Å². The Bertz CT molecular complexity index is 574. The minimum atomic E-state index is 0.121. The van der Waals surface area contributed by atoms with Gasteiger partial charge in [0, 0.05) is 34.5 Å². The van der Waals surface area contributed by atoms with Crippen molar-refractivity contribution < 1.29 is 4.79 Å². The van der Waals surface area contributed by atoms with Gasteiger partial charge in [-0.05, 0) is 19.1 Å². The van der Waals surface area contributed by atoms with Gasteiger partial charge in [0.25, 0.3) is 5.91 Å². The molecule has 4 heteroatoms. The van der Waals surface area contributed by atoms with Crippen molar-refractivity contribution in [1.82, 2.24) is 9.88 Å². The number of rotatable bonds is 1. The lowest BCUT2D eigenvalue weighted by Crippen LogP contribution is -2.48. The van der Waals surface area contributed by atoms with Gasteiger partial charge in [0.05, 0.1) is 0 Å². The second kappa shape index (κ2) is 4.93. The minimum Gasteiger partial charge on any atom is -0.351 e. The lowest BCUT2D eigenvalue weighted by Gasteiger charge is -2.37. The highest BCUT2D eigenvalue weighted by Crippen LogP contribution is 2.26. The van der Waals surface area contributed by atoms with Crippen LogP contribution in [0.4, 0.5) is 0 Å². The van der Waals surface area contributed by atoms with Crippen LogP contribution >= 0.6 is 11.8 Å². The number of para-hydroxylation sites is 1. The molecule has 1 amide bonds. The molecule has 1 aliphatic heterocycles. The third-order valence-corrected chi connectivity index (χ3v) is 5.24. The van der Waals surface area contributed by atoms with Gasteiger partial charge in [-0.15, -0.1) is 0 Å². The van der Waals surface area contributed by atoms with Crippen molar-refractivity contribution in [2.24, 2.45) is 0 Å². The number of fused-ring (bicyclic) bond motifs is 1. The van der Waals surface area contributed by atoms with Crippen LogP contribution in [0, 0.1) is 0 Å². The molecule has 1 aromatic heterocycles. The second-order valence-corrected chi connectivity index (χ2v) is 6.57. The monoisotopic (exact) mass is 274 g/mol. The Kier molecular flexibility index (Phi) is 3.27. The zero-order valence-electron chi connectivity index (χ0n) is 11.2. The molecule has 2 heterocycles. The highest BCUT2D eigenvalue weighted by molar-refractivity contribution is 8.00. The molecule has 3 rings (SSSR count). The van der Waals surface area contributed by atoms with E-state index in [2.05, 4.69) is 18.8 Å². The molecule has 2 atom stereocenters. The van der Waals surface area contributed by atoms with E-state index < -0.39 is 0 Å². The molecular weight excluding hydrogens is 256 g/mol. The summed E-state index contributed by atoms with van der Waals surface area (Å²) in [7, 11) is 0. The largest absolute Gasteiger partial charge is 0.351 e. The van der Waals surface area contributed by atoms with E-state index in [9.17, 15) is 4.79 Å². The molecule has 1 saturated heterocycles. The third-order valence-electron chi connectivity index (χ3n) is 3.91. The number of amides is 1. The van der Waals surface area contributed by atoms with Crippen LogP contribution in [0.1, 0.15) is 24.3 Å². The summed E-state index contributed by atoms with van der Waals surface area (Å²) in [6, 6.07) is 10.3. The van der Waals surface area contributed by atoms with E-state index in [1.807, 2.05) is 47.0 Å². The van der Waals surface area contributed by atoms with Crippen LogP contribution in [0.15, 0.2) is 30.3 Å². The molecular formula is C15H18N2OS. The summed E-state index contributed by atoms with van der Waals surface area (Å²) in [4.78, 5) is 17.8. The van der Waals surface area contributed by atoms with E-state index in [1.165, 1.54) is 0 Å². The number of aromatic amines is 1. The molecule has 0 bridgehead atoms. The predicted octanol–water partition coefficient (Wildman–Crippen LogP) is 3.13. The standard InChI is InChI=1S/C15H18N2OS/c1-10-11(2)19-8-7-17(10)15(18)14-9-12-5-3-4-6-13(12)16-14/h3-6,9-11,16H,7-8H2,1-2H3. The van der Waals surface area contributed by atoms with Gasteiger partial charge in [0.1, 0.15) is 5.69 Å². The van der Waals surface area contributed by atoms with E-state index in [1.54, 1.807) is 0 Å². The molecule has 2 unspecified atom stereocenters. The molecule has 2 aromatic rings. The summed E-state index contributed by atoms with van der Waals surface area (Å²) in [5, 5.41) is 1.60. The first-order chi connectivity index (χ1) is 9.16. The number of thioether (sulfide) groups is 1. The molecule has 1 aromatic carbocycles. The summed E-state index contributed by atoms with van der Waals surface area (Å²) < 4.78 is 0. The number of nitrogens with zero attached hydrogens (tertiary/aromatic N) is 1. The Hall–Kier alpha value is -1.42. The van der Waals surface area contributed by atoms with Crippen LogP contribution in [0.2, 0.25) is 0 Å².